The zero-order chi connectivity index (χ0) is 2.71. The van der Waals surface area contributed by atoms with E-state index in [9.17, 15) is 0 Å². The summed E-state index contributed by atoms with van der Waals surface area (Å²) in [6.07, 6.45) is 0. The summed E-state index contributed by atoms with van der Waals surface area (Å²) in [6.45, 7) is 0. The fraction of sp³-hybridized carbons (Fsp3) is 0. The molecule has 0 heterocycles. The second-order valence-electron chi connectivity index (χ2n) is 0.0816. The molecule has 0 spiro atoms. The van der Waals surface area contributed by atoms with Gasteiger partial charge in [-0.15, -0.1) is 4.91 Å². The average Bonchev–Trinajstić information content (AvgIpc) is 0.918. The van der Waals surface area contributed by atoms with Crippen LogP contribution in [0.4, 0.5) is 0 Å². The molecule has 0 aliphatic heterocycles. The predicted molar refractivity (Wildman–Crippen MR) is 17.6 cm³/mol. The second-order valence-corrected chi connectivity index (χ2v) is 0.0816. The summed E-state index contributed by atoms with van der Waals surface area (Å²) in [5.41, 5.74) is 0. The third kappa shape index (κ3) is 544. The third-order valence-corrected chi connectivity index (χ3v) is 0. The SMILES string of the molecule is N.N.O=NO.[Cl-].[Cl-].[Cl-].[Pt]. The monoisotopic (exact) mass is 381 g/mol. The van der Waals surface area contributed by atoms with Gasteiger partial charge in [-0.1, -0.05) is 0 Å². The Morgan fingerprint density at radius 1 is 1.00 bits per heavy atom. The van der Waals surface area contributed by atoms with Crippen molar-refractivity contribution < 1.29 is 63.5 Å². The van der Waals surface area contributed by atoms with Crippen LogP contribution in [0.15, 0.2) is 5.34 Å². The van der Waals surface area contributed by atoms with E-state index in [0.717, 1.165) is 0 Å². The van der Waals surface area contributed by atoms with E-state index < -0.39 is 0 Å². The topological polar surface area (TPSA) is 120 Å². The number of rotatable bonds is 0. The maximum absolute atomic E-state index is 8.11. The van der Waals surface area contributed by atoms with Gasteiger partial charge in [0.15, 0.2) is 5.34 Å². The van der Waals surface area contributed by atoms with Crippen LogP contribution in [-0.2, 0) is 21.1 Å². The standard InChI is InChI=1S/3ClH.HNO2.2H3N.Pt/c;;;2-1-3;;;/h3*1H;(H,2,3);2*1H3;/p-3. The van der Waals surface area contributed by atoms with Crippen LogP contribution in [-0.4, -0.2) is 5.21 Å². The van der Waals surface area contributed by atoms with Crippen LogP contribution in [0.2, 0.25) is 0 Å². The van der Waals surface area contributed by atoms with E-state index >= 15 is 0 Å². The minimum absolute atomic E-state index is 0. The molecule has 0 fully saturated rings. The number of nitrogens with zero attached hydrogens (tertiary/aromatic N) is 1. The molecule has 0 aliphatic rings. The third-order valence-electron chi connectivity index (χ3n) is 0. The average molecular weight is 383 g/mol. The van der Waals surface area contributed by atoms with Crippen LogP contribution < -0.4 is 49.5 Å². The van der Waals surface area contributed by atoms with Gasteiger partial charge in [0.1, 0.15) is 0 Å². The first kappa shape index (κ1) is 94.0. The number of halogens is 3. The molecule has 0 saturated heterocycles. The molecule has 0 rings (SSSR count). The van der Waals surface area contributed by atoms with Crippen molar-refractivity contribution in [2.24, 2.45) is 5.34 Å². The molecule has 0 aromatic rings. The summed E-state index contributed by atoms with van der Waals surface area (Å²) >= 11 is 0. The Kier molecular flexibility index (Phi) is 1630. The molecule has 0 amide bonds. The van der Waals surface area contributed by atoms with E-state index in [-0.39, 0.29) is 70.6 Å². The molecule has 0 bridgehead atoms. The molecule has 9 heavy (non-hydrogen) atoms. The molecular formula is H7Cl3N3O2Pt-3. The maximum Gasteiger partial charge on any atom is 0.152 e. The van der Waals surface area contributed by atoms with Gasteiger partial charge in [0.25, 0.3) is 0 Å². The van der Waals surface area contributed by atoms with Crippen LogP contribution in [0, 0.1) is 4.91 Å². The molecule has 0 atom stereocenters. The number of hydrogen-bond donors (Lipinski definition) is 3. The van der Waals surface area contributed by atoms with Gasteiger partial charge in [-0.3, -0.25) is 0 Å². The summed E-state index contributed by atoms with van der Waals surface area (Å²) in [4.78, 5) is 8.11. The Balaban J connectivity index is -0.00000000133. The Bertz CT molecular complexity index is 24.5. The summed E-state index contributed by atoms with van der Waals surface area (Å²) < 4.78 is 0. The summed E-state index contributed by atoms with van der Waals surface area (Å²) in [6, 6.07) is 0. The zero-order valence-corrected chi connectivity index (χ0v) is 8.71. The van der Waals surface area contributed by atoms with Crippen LogP contribution in [0.25, 0.3) is 0 Å². The number of hydrogen-bond acceptors (Lipinski definition) is 4. The first-order valence-electron chi connectivity index (χ1n) is 0.383. The van der Waals surface area contributed by atoms with Crippen molar-refractivity contribution >= 4 is 0 Å². The minimum Gasteiger partial charge on any atom is -1.00 e. The van der Waals surface area contributed by atoms with Crippen LogP contribution >= 0.6 is 0 Å². The van der Waals surface area contributed by atoms with Crippen molar-refractivity contribution in [2.45, 2.75) is 0 Å². The van der Waals surface area contributed by atoms with E-state index in [4.69, 9.17) is 10.1 Å². The Labute approximate surface area is 85.9 Å². The van der Waals surface area contributed by atoms with E-state index in [0.29, 0.717) is 0 Å². The Morgan fingerprint density at radius 2 is 1.00 bits per heavy atom. The minimum atomic E-state index is 0. The predicted octanol–water partition coefficient (Wildman–Crippen LogP) is -8.52. The van der Waals surface area contributed by atoms with Gasteiger partial charge in [-0.2, -0.15) is 0 Å². The van der Waals surface area contributed by atoms with Gasteiger partial charge in [-0.05, 0) is 0 Å². The Hall–Kier alpha value is 0.878. The van der Waals surface area contributed by atoms with Gasteiger partial charge in [0, 0.05) is 21.1 Å². The van der Waals surface area contributed by atoms with Crippen molar-refractivity contribution in [2.75, 3.05) is 0 Å². The zero-order valence-electron chi connectivity index (χ0n) is 4.17. The first-order valence-corrected chi connectivity index (χ1v) is 0.383. The van der Waals surface area contributed by atoms with E-state index in [1.54, 1.807) is 0 Å². The van der Waals surface area contributed by atoms with Crippen LogP contribution in [0.3, 0.4) is 0 Å². The molecule has 0 saturated carbocycles. The normalized spacial score (nSPS) is 1.33. The molecule has 0 radical (unpaired) electrons. The van der Waals surface area contributed by atoms with Gasteiger partial charge in [0.05, 0.1) is 0 Å². The molecule has 5 nitrogen and oxygen atoms in total. The largest absolute Gasteiger partial charge is 1.00 e. The van der Waals surface area contributed by atoms with E-state index in [1.165, 1.54) is 5.34 Å². The quantitative estimate of drug-likeness (QED) is 0.285. The van der Waals surface area contributed by atoms with Crippen molar-refractivity contribution in [3.05, 3.63) is 4.91 Å². The molecule has 7 N–H and O–H groups in total. The Morgan fingerprint density at radius 3 is 1.00 bits per heavy atom. The van der Waals surface area contributed by atoms with Crippen molar-refractivity contribution in [1.29, 1.82) is 0 Å². The second kappa shape index (κ2) is 156. The molecule has 0 unspecified atom stereocenters. The van der Waals surface area contributed by atoms with E-state index in [2.05, 4.69) is 0 Å². The molecular weight excluding hydrogens is 375 g/mol. The summed E-state index contributed by atoms with van der Waals surface area (Å²) in [7, 11) is 0. The molecule has 0 aliphatic carbocycles. The molecule has 9 heteroatoms. The maximum atomic E-state index is 8.11. The van der Waals surface area contributed by atoms with Crippen LogP contribution in [0.1, 0.15) is 0 Å². The van der Waals surface area contributed by atoms with E-state index in [1.807, 2.05) is 0 Å². The van der Waals surface area contributed by atoms with Crippen molar-refractivity contribution in [1.82, 2.24) is 12.3 Å². The summed E-state index contributed by atoms with van der Waals surface area (Å²) in [5, 5.41) is 7.89. The molecule has 68 valence electrons. The van der Waals surface area contributed by atoms with Crippen LogP contribution in [0.5, 0.6) is 0 Å². The van der Waals surface area contributed by atoms with Gasteiger partial charge in [-0.25, -0.2) is 0 Å². The smallest absolute Gasteiger partial charge is 0.152 e. The fourth-order valence-corrected chi connectivity index (χ4v) is 0. The van der Waals surface area contributed by atoms with Crippen molar-refractivity contribution in [3.63, 3.8) is 0 Å². The van der Waals surface area contributed by atoms with Crippen molar-refractivity contribution in [3.8, 4) is 0 Å². The summed E-state index contributed by atoms with van der Waals surface area (Å²) in [5.74, 6) is 0. The molecule has 0 aromatic heterocycles. The molecule has 0 aromatic carbocycles. The first-order chi connectivity index (χ1) is 1.41. The van der Waals surface area contributed by atoms with Gasteiger partial charge >= 0.3 is 0 Å². The van der Waals surface area contributed by atoms with Gasteiger partial charge in [0.2, 0.25) is 0 Å². The fourth-order valence-electron chi connectivity index (χ4n) is 0. The van der Waals surface area contributed by atoms with Gasteiger partial charge < -0.3 is 54.7 Å².